The predicted octanol–water partition coefficient (Wildman–Crippen LogP) is 2.43. The number of hydrogen-bond acceptors (Lipinski definition) is 3. The lowest BCUT2D eigenvalue weighted by atomic mass is 10.1. The Hall–Kier alpha value is -0.120. The van der Waals surface area contributed by atoms with Gasteiger partial charge in [0.1, 0.15) is 0 Å². The summed E-state index contributed by atoms with van der Waals surface area (Å²) in [5.41, 5.74) is 0. The Morgan fingerprint density at radius 1 is 1.00 bits per heavy atom. The normalized spacial score (nSPS) is 20.4. The van der Waals surface area contributed by atoms with E-state index in [1.807, 2.05) is 0 Å². The summed E-state index contributed by atoms with van der Waals surface area (Å²) >= 11 is 0. The van der Waals surface area contributed by atoms with Crippen molar-refractivity contribution in [2.75, 3.05) is 39.3 Å². The third-order valence-corrected chi connectivity index (χ3v) is 3.93. The van der Waals surface area contributed by atoms with Gasteiger partial charge in [0.05, 0.1) is 0 Å². The molecular weight excluding hydrogens is 234 g/mol. The van der Waals surface area contributed by atoms with Gasteiger partial charge in [0.25, 0.3) is 0 Å². The van der Waals surface area contributed by atoms with Crippen LogP contribution in [0.5, 0.6) is 0 Å². The van der Waals surface area contributed by atoms with Crippen LogP contribution in [0.2, 0.25) is 0 Å². The lowest BCUT2D eigenvalue weighted by Crippen LogP contribution is -2.53. The summed E-state index contributed by atoms with van der Waals surface area (Å²) in [5.74, 6) is 0.792. The molecule has 0 aliphatic carbocycles. The molecule has 0 bridgehead atoms. The average molecular weight is 269 g/mol. The van der Waals surface area contributed by atoms with Crippen LogP contribution in [0.15, 0.2) is 0 Å². The van der Waals surface area contributed by atoms with Crippen LogP contribution in [-0.4, -0.2) is 61.2 Å². The zero-order valence-electron chi connectivity index (χ0n) is 13.8. The molecule has 0 saturated carbocycles. The lowest BCUT2D eigenvalue weighted by molar-refractivity contribution is 0.0837. The van der Waals surface area contributed by atoms with Crippen molar-refractivity contribution in [3.63, 3.8) is 0 Å². The van der Waals surface area contributed by atoms with Crippen LogP contribution in [0.4, 0.5) is 0 Å². The monoisotopic (exact) mass is 269 g/mol. The largest absolute Gasteiger partial charge is 0.313 e. The average Bonchev–Trinajstić information content (AvgIpc) is 2.34. The molecule has 19 heavy (non-hydrogen) atoms. The Bertz CT molecular complexity index is 220. The molecule has 3 nitrogen and oxygen atoms in total. The summed E-state index contributed by atoms with van der Waals surface area (Å²) in [6.45, 7) is 18.8. The van der Waals surface area contributed by atoms with Crippen molar-refractivity contribution >= 4 is 0 Å². The topological polar surface area (TPSA) is 18.5 Å². The fourth-order valence-electron chi connectivity index (χ4n) is 2.95. The fraction of sp³-hybridized carbons (Fsp3) is 1.00. The molecule has 0 aromatic carbocycles. The first-order valence-electron chi connectivity index (χ1n) is 8.22. The maximum absolute atomic E-state index is 3.62. The van der Waals surface area contributed by atoms with E-state index in [2.05, 4.69) is 49.7 Å². The second-order valence-electron chi connectivity index (χ2n) is 6.74. The molecule has 114 valence electrons. The molecule has 1 unspecified atom stereocenters. The molecule has 3 heteroatoms. The molecule has 1 aliphatic rings. The van der Waals surface area contributed by atoms with Gasteiger partial charge >= 0.3 is 0 Å². The summed E-state index contributed by atoms with van der Waals surface area (Å²) in [4.78, 5) is 5.33. The molecule has 0 radical (unpaired) electrons. The second-order valence-corrected chi connectivity index (χ2v) is 6.74. The van der Waals surface area contributed by atoms with Gasteiger partial charge in [0, 0.05) is 51.4 Å². The zero-order chi connectivity index (χ0) is 14.3. The van der Waals surface area contributed by atoms with Crippen LogP contribution in [0.25, 0.3) is 0 Å². The van der Waals surface area contributed by atoms with Gasteiger partial charge in [-0.2, -0.15) is 0 Å². The van der Waals surface area contributed by atoms with Crippen molar-refractivity contribution in [1.82, 2.24) is 15.1 Å². The molecule has 1 heterocycles. The minimum absolute atomic E-state index is 0.599. The van der Waals surface area contributed by atoms with Crippen molar-refractivity contribution in [3.05, 3.63) is 0 Å². The molecule has 1 saturated heterocycles. The van der Waals surface area contributed by atoms with E-state index in [1.54, 1.807) is 0 Å². The summed E-state index contributed by atoms with van der Waals surface area (Å²) in [7, 11) is 0. The smallest absolute Gasteiger partial charge is 0.0221 e. The Labute approximate surface area is 120 Å². The zero-order valence-corrected chi connectivity index (χ0v) is 13.8. The van der Waals surface area contributed by atoms with E-state index in [-0.39, 0.29) is 0 Å². The highest BCUT2D eigenvalue weighted by molar-refractivity contribution is 4.80. The molecule has 0 spiro atoms. The first-order valence-corrected chi connectivity index (χ1v) is 8.22. The predicted molar refractivity (Wildman–Crippen MR) is 84.7 cm³/mol. The maximum Gasteiger partial charge on any atom is 0.0221 e. The highest BCUT2D eigenvalue weighted by Crippen LogP contribution is 2.12. The number of hydrogen-bond donors (Lipinski definition) is 1. The molecule has 0 aromatic heterocycles. The molecule has 1 aliphatic heterocycles. The van der Waals surface area contributed by atoms with E-state index in [1.165, 1.54) is 45.6 Å². The van der Waals surface area contributed by atoms with E-state index in [9.17, 15) is 0 Å². The fourth-order valence-corrected chi connectivity index (χ4v) is 2.95. The van der Waals surface area contributed by atoms with Crippen LogP contribution < -0.4 is 5.32 Å². The van der Waals surface area contributed by atoms with Crippen molar-refractivity contribution in [3.8, 4) is 0 Å². The van der Waals surface area contributed by atoms with E-state index in [0.29, 0.717) is 6.04 Å². The van der Waals surface area contributed by atoms with E-state index in [0.717, 1.165) is 18.5 Å². The third-order valence-electron chi connectivity index (χ3n) is 3.93. The number of nitrogens with zero attached hydrogens (tertiary/aromatic N) is 2. The van der Waals surface area contributed by atoms with Crippen LogP contribution in [0.1, 0.15) is 47.5 Å². The van der Waals surface area contributed by atoms with E-state index in [4.69, 9.17) is 0 Å². The number of nitrogens with one attached hydrogen (secondary N) is 1. The number of rotatable bonds is 8. The van der Waals surface area contributed by atoms with Crippen molar-refractivity contribution in [2.45, 2.75) is 59.5 Å². The second kappa shape index (κ2) is 8.93. The Morgan fingerprint density at radius 2 is 1.63 bits per heavy atom. The SMILES string of the molecule is CCCC(CNC(C)C)N1CCN(CC(C)C)CC1. The summed E-state index contributed by atoms with van der Waals surface area (Å²) in [6.07, 6.45) is 2.61. The minimum Gasteiger partial charge on any atom is -0.313 e. The van der Waals surface area contributed by atoms with E-state index >= 15 is 0 Å². The standard InChI is InChI=1S/C16H35N3/c1-6-7-16(12-17-15(4)5)19-10-8-18(9-11-19)13-14(2)3/h14-17H,6-13H2,1-5H3. The molecular formula is C16H35N3. The van der Waals surface area contributed by atoms with Gasteiger partial charge in [0.15, 0.2) is 0 Å². The van der Waals surface area contributed by atoms with Crippen molar-refractivity contribution < 1.29 is 0 Å². The van der Waals surface area contributed by atoms with Gasteiger partial charge in [-0.3, -0.25) is 4.90 Å². The minimum atomic E-state index is 0.599. The van der Waals surface area contributed by atoms with Gasteiger partial charge in [0.2, 0.25) is 0 Å². The third kappa shape index (κ3) is 6.73. The lowest BCUT2D eigenvalue weighted by Gasteiger charge is -2.40. The first-order chi connectivity index (χ1) is 9.02. The van der Waals surface area contributed by atoms with Crippen LogP contribution in [0.3, 0.4) is 0 Å². The molecule has 1 N–H and O–H groups in total. The Balaban J connectivity index is 2.36. The highest BCUT2D eigenvalue weighted by atomic mass is 15.3. The summed E-state index contributed by atoms with van der Waals surface area (Å²) < 4.78 is 0. The molecule has 1 fully saturated rings. The van der Waals surface area contributed by atoms with Crippen LogP contribution >= 0.6 is 0 Å². The highest BCUT2D eigenvalue weighted by Gasteiger charge is 2.23. The quantitative estimate of drug-likeness (QED) is 0.730. The Kier molecular flexibility index (Phi) is 7.96. The molecule has 0 aromatic rings. The Morgan fingerprint density at radius 3 is 2.11 bits per heavy atom. The van der Waals surface area contributed by atoms with Crippen molar-refractivity contribution in [1.29, 1.82) is 0 Å². The maximum atomic E-state index is 3.62. The van der Waals surface area contributed by atoms with Gasteiger partial charge in [-0.05, 0) is 12.3 Å². The van der Waals surface area contributed by atoms with E-state index < -0.39 is 0 Å². The molecule has 1 rings (SSSR count). The summed E-state index contributed by atoms with van der Waals surface area (Å²) in [6, 6.07) is 1.33. The molecule has 1 atom stereocenters. The van der Waals surface area contributed by atoms with Gasteiger partial charge < -0.3 is 10.2 Å². The molecule has 0 amide bonds. The van der Waals surface area contributed by atoms with Gasteiger partial charge in [-0.1, -0.05) is 41.0 Å². The summed E-state index contributed by atoms with van der Waals surface area (Å²) in [5, 5.41) is 3.62. The van der Waals surface area contributed by atoms with Crippen LogP contribution in [-0.2, 0) is 0 Å². The van der Waals surface area contributed by atoms with Crippen molar-refractivity contribution in [2.24, 2.45) is 5.92 Å². The first kappa shape index (κ1) is 16.9. The van der Waals surface area contributed by atoms with Gasteiger partial charge in [-0.15, -0.1) is 0 Å². The van der Waals surface area contributed by atoms with Crippen LogP contribution in [0, 0.1) is 5.92 Å². The number of piperazine rings is 1. The van der Waals surface area contributed by atoms with Gasteiger partial charge in [-0.25, -0.2) is 0 Å².